The molecule has 1 aromatic carbocycles. The van der Waals surface area contributed by atoms with Gasteiger partial charge in [-0.05, 0) is 50.8 Å². The zero-order chi connectivity index (χ0) is 13.1. The molecule has 0 aliphatic rings. The number of anilines is 1. The third-order valence-corrected chi connectivity index (χ3v) is 4.01. The van der Waals surface area contributed by atoms with Gasteiger partial charge in [-0.3, -0.25) is 4.79 Å². The predicted octanol–water partition coefficient (Wildman–Crippen LogP) is 2.45. The summed E-state index contributed by atoms with van der Waals surface area (Å²) < 4.78 is 0.0541. The fourth-order valence-corrected chi connectivity index (χ4v) is 1.50. The third-order valence-electron chi connectivity index (χ3n) is 2.76. The molecular weight excluding hydrogens is 232 g/mol. The topological polar surface area (TPSA) is 55.1 Å². The van der Waals surface area contributed by atoms with Crippen LogP contribution < -0.4 is 11.1 Å². The van der Waals surface area contributed by atoms with Crippen LogP contribution >= 0.6 is 11.8 Å². The van der Waals surface area contributed by atoms with Gasteiger partial charge in [0.05, 0.1) is 0 Å². The molecule has 0 aliphatic carbocycles. The monoisotopic (exact) mass is 252 g/mol. The normalized spacial score (nSPS) is 11.3. The maximum absolute atomic E-state index is 11.9. The third kappa shape index (κ3) is 3.97. The second kappa shape index (κ2) is 5.45. The quantitative estimate of drug-likeness (QED) is 0.809. The Kier molecular flexibility index (Phi) is 4.46. The lowest BCUT2D eigenvalue weighted by Crippen LogP contribution is -2.36. The van der Waals surface area contributed by atoms with Crippen LogP contribution in [0.5, 0.6) is 0 Å². The molecule has 0 saturated heterocycles. The first-order valence-corrected chi connectivity index (χ1v) is 6.78. The van der Waals surface area contributed by atoms with Crippen molar-refractivity contribution >= 4 is 23.4 Å². The zero-order valence-electron chi connectivity index (χ0n) is 10.8. The number of aryl methyl sites for hydroxylation is 1. The minimum Gasteiger partial charge on any atom is -0.399 e. The molecule has 0 bridgehead atoms. The van der Waals surface area contributed by atoms with E-state index in [1.165, 1.54) is 0 Å². The molecule has 1 aromatic rings. The van der Waals surface area contributed by atoms with E-state index in [0.29, 0.717) is 17.8 Å². The van der Waals surface area contributed by atoms with Crippen molar-refractivity contribution in [2.45, 2.75) is 25.5 Å². The number of nitrogens with one attached hydrogen (secondary N) is 1. The molecule has 0 unspecified atom stereocenters. The number of carbonyl (C=O) groups is 1. The number of rotatable bonds is 4. The van der Waals surface area contributed by atoms with E-state index in [4.69, 9.17) is 5.73 Å². The SMILES string of the molecule is CSC(C)(C)CNC(=O)c1ccc(N)c(C)c1. The van der Waals surface area contributed by atoms with Crippen molar-refractivity contribution in [3.8, 4) is 0 Å². The molecule has 0 fully saturated rings. The fourth-order valence-electron chi connectivity index (χ4n) is 1.28. The number of hydrogen-bond acceptors (Lipinski definition) is 3. The first-order valence-electron chi connectivity index (χ1n) is 5.55. The summed E-state index contributed by atoms with van der Waals surface area (Å²) in [6.45, 7) is 6.76. The van der Waals surface area contributed by atoms with E-state index in [9.17, 15) is 4.79 Å². The Morgan fingerprint density at radius 3 is 2.65 bits per heavy atom. The van der Waals surface area contributed by atoms with Crippen molar-refractivity contribution in [3.63, 3.8) is 0 Å². The summed E-state index contributed by atoms with van der Waals surface area (Å²) in [6.07, 6.45) is 2.04. The first-order chi connectivity index (χ1) is 7.85. The summed E-state index contributed by atoms with van der Waals surface area (Å²) in [5.74, 6) is -0.0461. The van der Waals surface area contributed by atoms with Crippen LogP contribution in [0.15, 0.2) is 18.2 Å². The van der Waals surface area contributed by atoms with Crippen molar-refractivity contribution in [2.24, 2.45) is 0 Å². The van der Waals surface area contributed by atoms with Crippen LogP contribution in [0.25, 0.3) is 0 Å². The Morgan fingerprint density at radius 2 is 2.12 bits per heavy atom. The average molecular weight is 252 g/mol. The summed E-state index contributed by atoms with van der Waals surface area (Å²) in [5, 5.41) is 2.94. The van der Waals surface area contributed by atoms with Crippen LogP contribution in [0.3, 0.4) is 0 Å². The van der Waals surface area contributed by atoms with Crippen molar-refractivity contribution in [1.82, 2.24) is 5.32 Å². The van der Waals surface area contributed by atoms with Gasteiger partial charge in [0.1, 0.15) is 0 Å². The minimum atomic E-state index is -0.0461. The highest BCUT2D eigenvalue weighted by atomic mass is 32.2. The Bertz CT molecular complexity index is 416. The summed E-state index contributed by atoms with van der Waals surface area (Å²) in [4.78, 5) is 11.9. The lowest BCUT2D eigenvalue weighted by atomic mass is 10.1. The van der Waals surface area contributed by atoms with Crippen LogP contribution in [0.1, 0.15) is 29.8 Å². The van der Waals surface area contributed by atoms with Gasteiger partial charge in [0, 0.05) is 22.5 Å². The maximum atomic E-state index is 11.9. The first kappa shape index (κ1) is 13.9. The van der Waals surface area contributed by atoms with Gasteiger partial charge in [-0.25, -0.2) is 0 Å². The predicted molar refractivity (Wildman–Crippen MR) is 75.5 cm³/mol. The Labute approximate surface area is 107 Å². The van der Waals surface area contributed by atoms with E-state index >= 15 is 0 Å². The number of nitrogen functional groups attached to an aromatic ring is 1. The highest BCUT2D eigenvalue weighted by Gasteiger charge is 2.17. The number of amides is 1. The Hall–Kier alpha value is -1.16. The van der Waals surface area contributed by atoms with Gasteiger partial charge in [-0.2, -0.15) is 11.8 Å². The van der Waals surface area contributed by atoms with Gasteiger partial charge >= 0.3 is 0 Å². The molecule has 0 atom stereocenters. The van der Waals surface area contributed by atoms with Gasteiger partial charge in [-0.1, -0.05) is 0 Å². The second-order valence-electron chi connectivity index (χ2n) is 4.72. The number of hydrogen-bond donors (Lipinski definition) is 2. The molecule has 4 heteroatoms. The molecule has 94 valence electrons. The molecule has 0 aliphatic heterocycles. The molecule has 17 heavy (non-hydrogen) atoms. The van der Waals surface area contributed by atoms with Crippen LogP contribution in [0.2, 0.25) is 0 Å². The molecular formula is C13H20N2OS. The van der Waals surface area contributed by atoms with E-state index in [1.807, 2.05) is 19.2 Å². The molecule has 1 amide bonds. The van der Waals surface area contributed by atoms with Crippen LogP contribution in [0.4, 0.5) is 5.69 Å². The maximum Gasteiger partial charge on any atom is 0.251 e. The number of benzene rings is 1. The van der Waals surface area contributed by atoms with Crippen LogP contribution in [-0.4, -0.2) is 23.5 Å². The summed E-state index contributed by atoms with van der Waals surface area (Å²) in [5.41, 5.74) is 8.03. The molecule has 0 aromatic heterocycles. The van der Waals surface area contributed by atoms with Crippen LogP contribution in [0, 0.1) is 6.92 Å². The van der Waals surface area contributed by atoms with Crippen molar-refractivity contribution in [1.29, 1.82) is 0 Å². The van der Waals surface area contributed by atoms with E-state index < -0.39 is 0 Å². The van der Waals surface area contributed by atoms with E-state index in [0.717, 1.165) is 5.56 Å². The number of thioether (sulfide) groups is 1. The van der Waals surface area contributed by atoms with E-state index in [2.05, 4.69) is 19.2 Å². The van der Waals surface area contributed by atoms with Gasteiger partial charge < -0.3 is 11.1 Å². The second-order valence-corrected chi connectivity index (χ2v) is 6.23. The van der Waals surface area contributed by atoms with Gasteiger partial charge in [0.2, 0.25) is 0 Å². The highest BCUT2D eigenvalue weighted by molar-refractivity contribution is 7.99. The smallest absolute Gasteiger partial charge is 0.251 e. The summed E-state index contributed by atoms with van der Waals surface area (Å²) >= 11 is 1.74. The molecule has 0 radical (unpaired) electrons. The lowest BCUT2D eigenvalue weighted by Gasteiger charge is -2.22. The summed E-state index contributed by atoms with van der Waals surface area (Å²) in [7, 11) is 0. The number of carbonyl (C=O) groups excluding carboxylic acids is 1. The Balaban J connectivity index is 2.68. The zero-order valence-corrected chi connectivity index (χ0v) is 11.6. The van der Waals surface area contributed by atoms with E-state index in [-0.39, 0.29) is 10.7 Å². The summed E-state index contributed by atoms with van der Waals surface area (Å²) in [6, 6.07) is 5.34. The standard InChI is InChI=1S/C13H20N2OS/c1-9-7-10(5-6-11(9)14)12(16)15-8-13(2,3)17-4/h5-7H,8,14H2,1-4H3,(H,15,16). The minimum absolute atomic E-state index is 0.0461. The molecule has 0 spiro atoms. The molecule has 0 heterocycles. The van der Waals surface area contributed by atoms with Crippen molar-refractivity contribution < 1.29 is 4.79 Å². The highest BCUT2D eigenvalue weighted by Crippen LogP contribution is 2.20. The van der Waals surface area contributed by atoms with Crippen LogP contribution in [-0.2, 0) is 0 Å². The van der Waals surface area contributed by atoms with Crippen molar-refractivity contribution in [3.05, 3.63) is 29.3 Å². The molecule has 3 N–H and O–H groups in total. The van der Waals surface area contributed by atoms with Gasteiger partial charge in [-0.15, -0.1) is 0 Å². The fraction of sp³-hybridized carbons (Fsp3) is 0.462. The average Bonchev–Trinajstić information content (AvgIpc) is 2.30. The van der Waals surface area contributed by atoms with E-state index in [1.54, 1.807) is 23.9 Å². The molecule has 3 nitrogen and oxygen atoms in total. The lowest BCUT2D eigenvalue weighted by molar-refractivity contribution is 0.0951. The van der Waals surface area contributed by atoms with Gasteiger partial charge in [0.15, 0.2) is 0 Å². The largest absolute Gasteiger partial charge is 0.399 e. The van der Waals surface area contributed by atoms with Crippen molar-refractivity contribution in [2.75, 3.05) is 18.5 Å². The number of nitrogens with two attached hydrogens (primary N) is 1. The Morgan fingerprint density at radius 1 is 1.47 bits per heavy atom. The molecule has 1 rings (SSSR count). The van der Waals surface area contributed by atoms with Gasteiger partial charge in [0.25, 0.3) is 5.91 Å². The molecule has 0 saturated carbocycles.